The first-order valence-corrected chi connectivity index (χ1v) is 8.99. The summed E-state index contributed by atoms with van der Waals surface area (Å²) in [6.07, 6.45) is 0. The summed E-state index contributed by atoms with van der Waals surface area (Å²) < 4.78 is 0. The summed E-state index contributed by atoms with van der Waals surface area (Å²) >= 11 is 3.23. The van der Waals surface area contributed by atoms with Crippen LogP contribution in [0.3, 0.4) is 0 Å². The first-order valence-electron chi connectivity index (χ1n) is 7.06. The first-order chi connectivity index (χ1) is 10.4. The maximum absolute atomic E-state index is 11.3. The van der Waals surface area contributed by atoms with E-state index < -0.39 is 11.5 Å². The fourth-order valence-corrected chi connectivity index (χ4v) is 5.43. The molecule has 1 saturated heterocycles. The highest BCUT2D eigenvalue weighted by molar-refractivity contribution is 8.15. The third-order valence-electron chi connectivity index (χ3n) is 3.97. The van der Waals surface area contributed by atoms with Gasteiger partial charge in [-0.3, -0.25) is 15.1 Å². The molecule has 22 heavy (non-hydrogen) atoms. The van der Waals surface area contributed by atoms with Gasteiger partial charge in [-0.05, 0) is 19.1 Å². The number of carboxylic acid groups (broad SMARTS) is 1. The number of nitrogens with zero attached hydrogens (tertiary/aromatic N) is 1. The number of carbonyl (C=O) groups is 1. The highest BCUT2D eigenvalue weighted by Crippen LogP contribution is 2.40. The average molecular weight is 338 g/mol. The molecule has 1 fully saturated rings. The Bertz CT molecular complexity index is 637. The lowest BCUT2D eigenvalue weighted by molar-refractivity contribution is -0.142. The van der Waals surface area contributed by atoms with Gasteiger partial charge < -0.3 is 10.2 Å². The molecule has 0 bridgehead atoms. The lowest BCUT2D eigenvalue weighted by Gasteiger charge is -2.23. The second-order valence-electron chi connectivity index (χ2n) is 5.78. The summed E-state index contributed by atoms with van der Waals surface area (Å²) in [5.74, 6) is -0.0720. The number of hydrogen-bond donors (Lipinski definition) is 3. The molecule has 3 N–H and O–H groups in total. The van der Waals surface area contributed by atoms with Crippen LogP contribution in [0.5, 0.6) is 5.75 Å². The molecule has 0 aliphatic carbocycles. The number of phenols is 1. The molecule has 2 aliphatic heterocycles. The van der Waals surface area contributed by atoms with Gasteiger partial charge >= 0.3 is 5.97 Å². The van der Waals surface area contributed by atoms with Crippen molar-refractivity contribution in [2.24, 2.45) is 4.99 Å². The molecular formula is C15H18N2O3S2. The van der Waals surface area contributed by atoms with E-state index in [2.05, 4.69) is 12.2 Å². The molecule has 1 aromatic rings. The van der Waals surface area contributed by atoms with E-state index in [1.54, 1.807) is 42.6 Å². The molecule has 1 unspecified atom stereocenters. The molecule has 4 atom stereocenters. The number of para-hydroxylation sites is 1. The summed E-state index contributed by atoms with van der Waals surface area (Å²) in [5, 5.41) is 23.5. The van der Waals surface area contributed by atoms with Crippen molar-refractivity contribution >= 4 is 34.5 Å². The highest BCUT2D eigenvalue weighted by atomic mass is 32.2. The number of aromatic hydroxyl groups is 1. The van der Waals surface area contributed by atoms with Gasteiger partial charge in [0.25, 0.3) is 0 Å². The van der Waals surface area contributed by atoms with Crippen LogP contribution < -0.4 is 5.32 Å². The van der Waals surface area contributed by atoms with Gasteiger partial charge in [0.15, 0.2) is 0 Å². The number of carboxylic acids is 1. The van der Waals surface area contributed by atoms with Crippen LogP contribution in [-0.4, -0.2) is 49.2 Å². The zero-order chi connectivity index (χ0) is 15.9. The van der Waals surface area contributed by atoms with Gasteiger partial charge in [0, 0.05) is 16.6 Å². The van der Waals surface area contributed by atoms with Crippen molar-refractivity contribution in [3.05, 3.63) is 29.8 Å². The first kappa shape index (κ1) is 15.7. The molecule has 7 heteroatoms. The molecule has 1 aromatic carbocycles. The van der Waals surface area contributed by atoms with Crippen molar-refractivity contribution in [3.63, 3.8) is 0 Å². The minimum atomic E-state index is -0.896. The molecule has 0 aromatic heterocycles. The highest BCUT2D eigenvalue weighted by Gasteiger charge is 2.46. The predicted molar refractivity (Wildman–Crippen MR) is 90.9 cm³/mol. The topological polar surface area (TPSA) is 81.9 Å². The van der Waals surface area contributed by atoms with E-state index in [0.717, 1.165) is 10.6 Å². The molecule has 5 nitrogen and oxygen atoms in total. The van der Waals surface area contributed by atoms with Crippen molar-refractivity contribution in [2.45, 2.75) is 36.1 Å². The van der Waals surface area contributed by atoms with Gasteiger partial charge in [0.1, 0.15) is 16.3 Å². The largest absolute Gasteiger partial charge is 0.507 e. The number of phenolic OH excluding ortho intramolecular Hbond substituents is 1. The standard InChI is InChI=1S/C15H18N2O3S2/c1-8-11(13-17-15(2,7-21-13)14(19)20)16-12(22-8)9-5-3-4-6-10(9)18/h3-6,8,11,13,17-18H,7H2,1-2H3,(H,19,20)/t8-,11-,13?,15-/m0/s1. The number of rotatable bonds is 3. The van der Waals surface area contributed by atoms with E-state index in [1.807, 2.05) is 12.1 Å². The Kier molecular flexibility index (Phi) is 4.13. The summed E-state index contributed by atoms with van der Waals surface area (Å²) in [4.78, 5) is 16.1. The van der Waals surface area contributed by atoms with Crippen LogP contribution in [0.15, 0.2) is 29.3 Å². The van der Waals surface area contributed by atoms with Crippen molar-refractivity contribution in [1.82, 2.24) is 5.32 Å². The van der Waals surface area contributed by atoms with E-state index in [1.165, 1.54) is 0 Å². The average Bonchev–Trinajstić information content (AvgIpc) is 3.04. The number of hydrogen-bond acceptors (Lipinski definition) is 6. The number of aliphatic imine (C=N–C) groups is 1. The monoisotopic (exact) mass is 338 g/mol. The summed E-state index contributed by atoms with van der Waals surface area (Å²) in [7, 11) is 0. The Morgan fingerprint density at radius 2 is 2.18 bits per heavy atom. The van der Waals surface area contributed by atoms with Crippen LogP contribution in [0.1, 0.15) is 19.4 Å². The Morgan fingerprint density at radius 1 is 1.45 bits per heavy atom. The van der Waals surface area contributed by atoms with Gasteiger partial charge in [-0.2, -0.15) is 0 Å². The summed E-state index contributed by atoms with van der Waals surface area (Å²) in [6.45, 7) is 3.80. The van der Waals surface area contributed by atoms with E-state index in [-0.39, 0.29) is 22.4 Å². The maximum Gasteiger partial charge on any atom is 0.324 e. The molecule has 0 spiro atoms. The Hall–Kier alpha value is -1.18. The SMILES string of the molecule is C[C@@H]1SC(c2ccccc2O)=N[C@@H]1C1N[C@](C)(C(=O)O)CS1. The number of thioether (sulfide) groups is 2. The Labute approximate surface area is 137 Å². The van der Waals surface area contributed by atoms with Crippen molar-refractivity contribution in [1.29, 1.82) is 0 Å². The van der Waals surface area contributed by atoms with E-state index >= 15 is 0 Å². The quantitative estimate of drug-likeness (QED) is 0.783. The molecule has 0 amide bonds. The maximum atomic E-state index is 11.3. The number of nitrogens with one attached hydrogen (secondary N) is 1. The predicted octanol–water partition coefficient (Wildman–Crippen LogP) is 2.15. The zero-order valence-corrected chi connectivity index (χ0v) is 13.9. The van der Waals surface area contributed by atoms with Crippen molar-refractivity contribution in [3.8, 4) is 5.75 Å². The van der Waals surface area contributed by atoms with Gasteiger partial charge in [-0.15, -0.1) is 23.5 Å². The summed E-state index contributed by atoms with van der Waals surface area (Å²) in [6, 6.07) is 7.16. The van der Waals surface area contributed by atoms with Crippen LogP contribution in [-0.2, 0) is 4.79 Å². The second kappa shape index (κ2) is 5.79. The Balaban J connectivity index is 1.81. The number of benzene rings is 1. The molecule has 0 radical (unpaired) electrons. The van der Waals surface area contributed by atoms with Crippen LogP contribution in [0.2, 0.25) is 0 Å². The lowest BCUT2D eigenvalue weighted by atomic mass is 10.1. The lowest BCUT2D eigenvalue weighted by Crippen LogP contribution is -2.51. The molecular weight excluding hydrogens is 320 g/mol. The minimum absolute atomic E-state index is 0.00854. The van der Waals surface area contributed by atoms with E-state index in [4.69, 9.17) is 4.99 Å². The second-order valence-corrected chi connectivity index (χ2v) is 8.27. The number of aliphatic carboxylic acids is 1. The third kappa shape index (κ3) is 2.73. The normalized spacial score (nSPS) is 34.6. The molecule has 2 heterocycles. The van der Waals surface area contributed by atoms with Crippen LogP contribution in [0.25, 0.3) is 0 Å². The minimum Gasteiger partial charge on any atom is -0.507 e. The van der Waals surface area contributed by atoms with E-state index in [0.29, 0.717) is 5.75 Å². The summed E-state index contributed by atoms with van der Waals surface area (Å²) in [5.41, 5.74) is -0.154. The van der Waals surface area contributed by atoms with Crippen molar-refractivity contribution < 1.29 is 15.0 Å². The molecule has 2 aliphatic rings. The van der Waals surface area contributed by atoms with Gasteiger partial charge in [-0.1, -0.05) is 19.1 Å². The molecule has 118 valence electrons. The third-order valence-corrected chi connectivity index (χ3v) is 6.67. The molecule has 3 rings (SSSR count). The van der Waals surface area contributed by atoms with Crippen LogP contribution in [0, 0.1) is 0 Å². The fraction of sp³-hybridized carbons (Fsp3) is 0.467. The van der Waals surface area contributed by atoms with E-state index in [9.17, 15) is 15.0 Å². The van der Waals surface area contributed by atoms with Gasteiger partial charge in [0.05, 0.1) is 11.4 Å². The molecule has 0 saturated carbocycles. The van der Waals surface area contributed by atoms with Gasteiger partial charge in [0.2, 0.25) is 0 Å². The van der Waals surface area contributed by atoms with Gasteiger partial charge in [-0.25, -0.2) is 0 Å². The smallest absolute Gasteiger partial charge is 0.324 e. The fourth-order valence-electron chi connectivity index (χ4n) is 2.58. The zero-order valence-electron chi connectivity index (χ0n) is 12.3. The Morgan fingerprint density at radius 3 is 2.82 bits per heavy atom. The van der Waals surface area contributed by atoms with Crippen LogP contribution in [0.4, 0.5) is 0 Å². The van der Waals surface area contributed by atoms with Crippen molar-refractivity contribution in [2.75, 3.05) is 5.75 Å². The van der Waals surface area contributed by atoms with Crippen LogP contribution >= 0.6 is 23.5 Å².